The van der Waals surface area contributed by atoms with Gasteiger partial charge in [-0.2, -0.15) is 5.10 Å². The third-order valence-electron chi connectivity index (χ3n) is 6.30. The molecule has 2 aromatic rings. The van der Waals surface area contributed by atoms with Crippen LogP contribution in [0.3, 0.4) is 0 Å². The largest absolute Gasteiger partial charge is 0.347 e. The van der Waals surface area contributed by atoms with Gasteiger partial charge in [-0.1, -0.05) is 11.6 Å². The first-order valence-corrected chi connectivity index (χ1v) is 10.9. The Morgan fingerprint density at radius 2 is 2.06 bits per heavy atom. The topological polar surface area (TPSA) is 76.3 Å². The molecule has 8 nitrogen and oxygen atoms in total. The lowest BCUT2D eigenvalue weighted by Gasteiger charge is -2.34. The van der Waals surface area contributed by atoms with Crippen LogP contribution < -0.4 is 5.69 Å². The Morgan fingerprint density at radius 3 is 2.72 bits per heavy atom. The first-order chi connectivity index (χ1) is 15.2. The third kappa shape index (κ3) is 4.03. The smallest absolute Gasteiger partial charge is 0.338 e. The maximum atomic E-state index is 13.7. The summed E-state index contributed by atoms with van der Waals surface area (Å²) in [4.78, 5) is 33.5. The Morgan fingerprint density at radius 1 is 1.28 bits per heavy atom. The molecule has 32 heavy (non-hydrogen) atoms. The van der Waals surface area contributed by atoms with Gasteiger partial charge in [0.1, 0.15) is 18.0 Å². The summed E-state index contributed by atoms with van der Waals surface area (Å²) in [5.74, 6) is -3.51. The molecule has 12 heteroatoms. The zero-order valence-electron chi connectivity index (χ0n) is 17.1. The second kappa shape index (κ2) is 7.87. The fraction of sp³-hybridized carbons (Fsp3) is 0.600. The van der Waals surface area contributed by atoms with Gasteiger partial charge in [-0.05, 0) is 18.1 Å². The molecule has 172 valence electrons. The lowest BCUT2D eigenvalue weighted by molar-refractivity contribution is -0.135. The van der Waals surface area contributed by atoms with E-state index in [0.717, 1.165) is 0 Å². The highest BCUT2D eigenvalue weighted by molar-refractivity contribution is 6.30. The molecule has 2 fully saturated rings. The molecule has 2 aromatic heterocycles. The number of pyridine rings is 1. The number of alkyl halides is 3. The Kier molecular flexibility index (Phi) is 5.28. The van der Waals surface area contributed by atoms with E-state index < -0.39 is 29.7 Å². The van der Waals surface area contributed by atoms with Crippen LogP contribution in [0.5, 0.6) is 0 Å². The summed E-state index contributed by atoms with van der Waals surface area (Å²) in [6.45, 7) is 0.742. The highest BCUT2D eigenvalue weighted by Crippen LogP contribution is 2.49. The van der Waals surface area contributed by atoms with Crippen LogP contribution >= 0.6 is 11.6 Å². The van der Waals surface area contributed by atoms with E-state index in [0.29, 0.717) is 16.4 Å². The molecular weight excluding hydrogens is 449 g/mol. The van der Waals surface area contributed by atoms with Crippen LogP contribution in [0.25, 0.3) is 0 Å². The summed E-state index contributed by atoms with van der Waals surface area (Å²) in [5, 5.41) is 4.80. The molecule has 2 aliphatic heterocycles. The van der Waals surface area contributed by atoms with E-state index in [1.807, 2.05) is 0 Å². The summed E-state index contributed by atoms with van der Waals surface area (Å²) in [5.41, 5.74) is 0.179. The number of hydrogen-bond donors (Lipinski definition) is 0. The quantitative estimate of drug-likeness (QED) is 0.665. The van der Waals surface area contributed by atoms with E-state index in [9.17, 15) is 22.8 Å². The number of fused-ring (bicyclic) bond motifs is 1. The zero-order valence-corrected chi connectivity index (χ0v) is 17.9. The number of nitrogens with zero attached hydrogens (tertiary/aromatic N) is 6. The van der Waals surface area contributed by atoms with Crippen LogP contribution in [0.15, 0.2) is 23.3 Å². The summed E-state index contributed by atoms with van der Waals surface area (Å²) < 4.78 is 43.3. The van der Waals surface area contributed by atoms with Crippen LogP contribution in [-0.2, 0) is 17.9 Å². The van der Waals surface area contributed by atoms with Gasteiger partial charge in [0.2, 0.25) is 5.91 Å². The molecule has 0 aromatic carbocycles. The average Bonchev–Trinajstić information content (AvgIpc) is 3.03. The molecule has 3 atom stereocenters. The summed E-state index contributed by atoms with van der Waals surface area (Å²) in [6, 6.07) is 0.727. The fourth-order valence-corrected chi connectivity index (χ4v) is 4.73. The number of carbonyl (C=O) groups excluding carboxylic acids is 1. The van der Waals surface area contributed by atoms with Crippen molar-refractivity contribution in [2.24, 2.45) is 5.92 Å². The van der Waals surface area contributed by atoms with Gasteiger partial charge in [0.15, 0.2) is 0 Å². The Balaban J connectivity index is 1.45. The van der Waals surface area contributed by atoms with Crippen molar-refractivity contribution in [3.05, 3.63) is 45.4 Å². The molecule has 1 aliphatic carbocycles. The molecule has 2 unspecified atom stereocenters. The summed E-state index contributed by atoms with van der Waals surface area (Å²) >= 11 is 5.97. The van der Waals surface area contributed by atoms with E-state index in [1.54, 1.807) is 17.2 Å². The molecule has 4 heterocycles. The van der Waals surface area contributed by atoms with Gasteiger partial charge in [-0.25, -0.2) is 22.6 Å². The average molecular weight is 471 g/mol. The molecule has 5 rings (SSSR count). The Bertz CT molecular complexity index is 1110. The number of aromatic nitrogens is 4. The van der Waals surface area contributed by atoms with Crippen LogP contribution in [0, 0.1) is 5.92 Å². The summed E-state index contributed by atoms with van der Waals surface area (Å²) in [7, 11) is 0. The predicted molar refractivity (Wildman–Crippen MR) is 108 cm³/mol. The minimum Gasteiger partial charge on any atom is -0.338 e. The minimum atomic E-state index is -2.69. The monoisotopic (exact) mass is 470 g/mol. The van der Waals surface area contributed by atoms with Gasteiger partial charge in [0.25, 0.3) is 5.92 Å². The molecule has 1 saturated carbocycles. The third-order valence-corrected chi connectivity index (χ3v) is 6.51. The number of carbonyl (C=O) groups is 1. The van der Waals surface area contributed by atoms with E-state index >= 15 is 0 Å². The van der Waals surface area contributed by atoms with Crippen molar-refractivity contribution in [1.29, 1.82) is 0 Å². The Labute approximate surface area is 186 Å². The number of likely N-dealkylation sites (tertiary alicyclic amines) is 1. The SMILES string of the molecule is O=C(C1CN(CC2CC2(F)F)Cc2nn(Cc3cncc(Cl)c3)c(=O)n21)N1CC[C@H](F)C1. The van der Waals surface area contributed by atoms with E-state index in [4.69, 9.17) is 11.6 Å². The van der Waals surface area contributed by atoms with Gasteiger partial charge in [-0.3, -0.25) is 19.2 Å². The van der Waals surface area contributed by atoms with Gasteiger partial charge < -0.3 is 4.90 Å². The maximum Gasteiger partial charge on any atom is 0.347 e. The summed E-state index contributed by atoms with van der Waals surface area (Å²) in [6.07, 6.45) is 2.01. The molecule has 1 saturated heterocycles. The number of amides is 1. The highest BCUT2D eigenvalue weighted by atomic mass is 35.5. The van der Waals surface area contributed by atoms with Crippen molar-refractivity contribution in [1.82, 2.24) is 29.1 Å². The van der Waals surface area contributed by atoms with Crippen molar-refractivity contribution >= 4 is 17.5 Å². The molecule has 0 N–H and O–H groups in total. The van der Waals surface area contributed by atoms with Gasteiger partial charge >= 0.3 is 5.69 Å². The van der Waals surface area contributed by atoms with Crippen molar-refractivity contribution in [3.63, 3.8) is 0 Å². The van der Waals surface area contributed by atoms with Gasteiger partial charge in [0, 0.05) is 44.4 Å². The number of rotatable bonds is 5. The first kappa shape index (κ1) is 21.4. The Hall–Kier alpha value is -2.40. The lowest BCUT2D eigenvalue weighted by Crippen LogP contribution is -2.49. The second-order valence-corrected chi connectivity index (χ2v) is 9.22. The standard InChI is InChI=1S/C20H22ClF3N6O2/c21-14-3-12(5-25-6-14)7-29-19(32)30-16(18(31)28-2-1-15(22)9-28)10-27(11-17(30)26-29)8-13-4-20(13,23)24/h3,5-6,13,15-16H,1-2,4,7-11H2/t13?,15-,16?/m0/s1. The molecule has 3 aliphatic rings. The maximum absolute atomic E-state index is 13.7. The van der Waals surface area contributed by atoms with Crippen LogP contribution in [-0.4, -0.2) is 73.3 Å². The fourth-order valence-electron chi connectivity index (χ4n) is 4.53. The number of hydrogen-bond acceptors (Lipinski definition) is 5. The van der Waals surface area contributed by atoms with Gasteiger partial charge in [-0.15, -0.1) is 0 Å². The van der Waals surface area contributed by atoms with Crippen molar-refractivity contribution < 1.29 is 18.0 Å². The van der Waals surface area contributed by atoms with Crippen molar-refractivity contribution in [2.45, 2.75) is 44.1 Å². The van der Waals surface area contributed by atoms with Crippen LogP contribution in [0.1, 0.15) is 30.3 Å². The van der Waals surface area contributed by atoms with Crippen molar-refractivity contribution in [3.8, 4) is 0 Å². The number of halogens is 4. The molecule has 1 amide bonds. The zero-order chi connectivity index (χ0) is 22.6. The minimum absolute atomic E-state index is 0.0254. The normalized spacial score (nSPS) is 26.9. The predicted octanol–water partition coefficient (Wildman–Crippen LogP) is 1.72. The molecule has 0 radical (unpaired) electrons. The second-order valence-electron chi connectivity index (χ2n) is 8.78. The van der Waals surface area contributed by atoms with Crippen LogP contribution in [0.4, 0.5) is 13.2 Å². The van der Waals surface area contributed by atoms with E-state index in [-0.39, 0.29) is 58.0 Å². The van der Waals surface area contributed by atoms with E-state index in [2.05, 4.69) is 10.1 Å². The molecule has 0 bridgehead atoms. The lowest BCUT2D eigenvalue weighted by atomic mass is 10.1. The first-order valence-electron chi connectivity index (χ1n) is 10.5. The molecular formula is C20H22ClF3N6O2. The molecule has 0 spiro atoms. The van der Waals surface area contributed by atoms with Crippen LogP contribution in [0.2, 0.25) is 5.02 Å². The van der Waals surface area contributed by atoms with E-state index in [1.165, 1.54) is 20.3 Å². The highest BCUT2D eigenvalue weighted by Gasteiger charge is 2.57. The van der Waals surface area contributed by atoms with Gasteiger partial charge in [0.05, 0.1) is 24.7 Å². The van der Waals surface area contributed by atoms with Crippen molar-refractivity contribution in [2.75, 3.05) is 26.2 Å².